The smallest absolute Gasteiger partial charge is 0.0433 e. The lowest BCUT2D eigenvalue weighted by atomic mass is 9.75. The number of aliphatic hydroxyl groups is 1. The normalized spacial score (nSPS) is 14.5. The van der Waals surface area contributed by atoms with E-state index in [9.17, 15) is 0 Å². The molecule has 0 aromatic rings. The summed E-state index contributed by atoms with van der Waals surface area (Å²) in [5, 5.41) is 8.91. The van der Waals surface area contributed by atoms with Crippen LogP contribution in [0.5, 0.6) is 0 Å². The third-order valence-electron chi connectivity index (χ3n) is 3.60. The Morgan fingerprint density at radius 1 is 1.15 bits per heavy atom. The van der Waals surface area contributed by atoms with Crippen LogP contribution in [0.1, 0.15) is 59.8 Å². The Morgan fingerprint density at radius 3 is 2.00 bits per heavy atom. The standard InChI is InChI=1S/C12H26O/c1-5-11(8-9-13)10-12(4,6-2)7-3/h11,13H,5-10H2,1-4H3. The SMILES string of the molecule is CCC(CCO)CC(C)(CC)CC. The molecule has 1 N–H and O–H groups in total. The molecule has 1 nitrogen and oxygen atoms in total. The zero-order valence-corrected chi connectivity index (χ0v) is 9.77. The first-order valence-electron chi connectivity index (χ1n) is 5.72. The Bertz CT molecular complexity index is 116. The molecule has 0 aromatic carbocycles. The van der Waals surface area contributed by atoms with Crippen LogP contribution in [0, 0.1) is 11.3 Å². The van der Waals surface area contributed by atoms with Gasteiger partial charge in [0.05, 0.1) is 0 Å². The van der Waals surface area contributed by atoms with Crippen LogP contribution in [0.4, 0.5) is 0 Å². The summed E-state index contributed by atoms with van der Waals surface area (Å²) >= 11 is 0. The van der Waals surface area contributed by atoms with Crippen molar-refractivity contribution in [1.82, 2.24) is 0 Å². The largest absolute Gasteiger partial charge is 0.396 e. The van der Waals surface area contributed by atoms with Gasteiger partial charge < -0.3 is 5.11 Å². The highest BCUT2D eigenvalue weighted by Gasteiger charge is 2.23. The molecule has 0 fully saturated rings. The van der Waals surface area contributed by atoms with Gasteiger partial charge in [-0.15, -0.1) is 0 Å². The maximum atomic E-state index is 8.91. The fourth-order valence-electron chi connectivity index (χ4n) is 1.87. The minimum absolute atomic E-state index is 0.349. The summed E-state index contributed by atoms with van der Waals surface area (Å²) < 4.78 is 0. The highest BCUT2D eigenvalue weighted by Crippen LogP contribution is 2.35. The van der Waals surface area contributed by atoms with Gasteiger partial charge in [0.15, 0.2) is 0 Å². The molecule has 0 aromatic heterocycles. The summed E-state index contributed by atoms with van der Waals surface area (Å²) in [5.41, 5.74) is 0.496. The van der Waals surface area contributed by atoms with Gasteiger partial charge in [0.25, 0.3) is 0 Å². The van der Waals surface area contributed by atoms with Gasteiger partial charge in [-0.05, 0) is 24.2 Å². The van der Waals surface area contributed by atoms with Crippen LogP contribution in [0.2, 0.25) is 0 Å². The van der Waals surface area contributed by atoms with Crippen LogP contribution in [0.25, 0.3) is 0 Å². The summed E-state index contributed by atoms with van der Waals surface area (Å²) in [6.07, 6.45) is 5.97. The van der Waals surface area contributed by atoms with E-state index in [-0.39, 0.29) is 0 Å². The van der Waals surface area contributed by atoms with Crippen LogP contribution in [0.3, 0.4) is 0 Å². The number of hydrogen-bond donors (Lipinski definition) is 1. The molecule has 0 spiro atoms. The van der Waals surface area contributed by atoms with Gasteiger partial charge in [0, 0.05) is 6.61 Å². The Hall–Kier alpha value is -0.0400. The average molecular weight is 186 g/mol. The van der Waals surface area contributed by atoms with E-state index in [2.05, 4.69) is 27.7 Å². The van der Waals surface area contributed by atoms with Crippen molar-refractivity contribution in [3.8, 4) is 0 Å². The van der Waals surface area contributed by atoms with Gasteiger partial charge in [-0.25, -0.2) is 0 Å². The molecule has 0 radical (unpaired) electrons. The molecule has 80 valence electrons. The molecule has 0 amide bonds. The fraction of sp³-hybridized carbons (Fsp3) is 1.00. The van der Waals surface area contributed by atoms with Crippen molar-refractivity contribution in [2.75, 3.05) is 6.61 Å². The summed E-state index contributed by atoms with van der Waals surface area (Å²) in [5.74, 6) is 0.718. The third kappa shape index (κ3) is 4.66. The molecule has 0 heterocycles. The highest BCUT2D eigenvalue weighted by molar-refractivity contribution is 4.74. The average Bonchev–Trinajstić information content (AvgIpc) is 2.17. The van der Waals surface area contributed by atoms with E-state index in [1.807, 2.05) is 0 Å². The highest BCUT2D eigenvalue weighted by atomic mass is 16.3. The molecule has 1 unspecified atom stereocenters. The Balaban J connectivity index is 4.02. The molecular weight excluding hydrogens is 160 g/mol. The molecule has 0 aliphatic heterocycles. The van der Waals surface area contributed by atoms with Crippen LogP contribution in [-0.2, 0) is 0 Å². The van der Waals surface area contributed by atoms with Gasteiger partial charge in [-0.1, -0.05) is 47.0 Å². The van der Waals surface area contributed by atoms with Crippen molar-refractivity contribution in [1.29, 1.82) is 0 Å². The quantitative estimate of drug-likeness (QED) is 0.644. The molecule has 1 heteroatoms. The Morgan fingerprint density at radius 2 is 1.69 bits per heavy atom. The zero-order valence-electron chi connectivity index (χ0n) is 9.77. The Labute approximate surface area is 83.5 Å². The van der Waals surface area contributed by atoms with E-state index in [0.717, 1.165) is 12.3 Å². The van der Waals surface area contributed by atoms with Crippen LogP contribution in [-0.4, -0.2) is 11.7 Å². The molecule has 0 rings (SSSR count). The summed E-state index contributed by atoms with van der Waals surface area (Å²) in [6, 6.07) is 0. The van der Waals surface area contributed by atoms with E-state index in [4.69, 9.17) is 5.11 Å². The predicted molar refractivity (Wildman–Crippen MR) is 58.8 cm³/mol. The lowest BCUT2D eigenvalue weighted by Gasteiger charge is -2.31. The molecule has 0 saturated heterocycles. The topological polar surface area (TPSA) is 20.2 Å². The molecule has 0 saturated carbocycles. The van der Waals surface area contributed by atoms with Crippen molar-refractivity contribution >= 4 is 0 Å². The van der Waals surface area contributed by atoms with Gasteiger partial charge in [-0.3, -0.25) is 0 Å². The van der Waals surface area contributed by atoms with Crippen molar-refractivity contribution in [2.45, 2.75) is 59.8 Å². The first-order chi connectivity index (χ1) is 6.11. The minimum atomic E-state index is 0.349. The molecule has 0 aliphatic carbocycles. The van der Waals surface area contributed by atoms with E-state index in [1.54, 1.807) is 0 Å². The maximum Gasteiger partial charge on any atom is 0.0433 e. The number of hydrogen-bond acceptors (Lipinski definition) is 1. The van der Waals surface area contributed by atoms with Gasteiger partial charge in [0.2, 0.25) is 0 Å². The van der Waals surface area contributed by atoms with Crippen molar-refractivity contribution in [3.63, 3.8) is 0 Å². The molecule has 0 bridgehead atoms. The van der Waals surface area contributed by atoms with Gasteiger partial charge in [0.1, 0.15) is 0 Å². The number of rotatable bonds is 7. The van der Waals surface area contributed by atoms with Gasteiger partial charge >= 0.3 is 0 Å². The van der Waals surface area contributed by atoms with Crippen molar-refractivity contribution in [3.05, 3.63) is 0 Å². The van der Waals surface area contributed by atoms with E-state index < -0.39 is 0 Å². The van der Waals surface area contributed by atoms with Crippen LogP contribution >= 0.6 is 0 Å². The first-order valence-corrected chi connectivity index (χ1v) is 5.72. The maximum absolute atomic E-state index is 8.91. The minimum Gasteiger partial charge on any atom is -0.396 e. The van der Waals surface area contributed by atoms with Crippen LogP contribution in [0.15, 0.2) is 0 Å². The lowest BCUT2D eigenvalue weighted by molar-refractivity contribution is 0.181. The summed E-state index contributed by atoms with van der Waals surface area (Å²) in [6.45, 7) is 9.49. The molecule has 1 atom stereocenters. The monoisotopic (exact) mass is 186 g/mol. The summed E-state index contributed by atoms with van der Waals surface area (Å²) in [4.78, 5) is 0. The third-order valence-corrected chi connectivity index (χ3v) is 3.60. The fourth-order valence-corrected chi connectivity index (χ4v) is 1.87. The number of aliphatic hydroxyl groups excluding tert-OH is 1. The van der Waals surface area contributed by atoms with Crippen molar-refractivity contribution < 1.29 is 5.11 Å². The van der Waals surface area contributed by atoms with Crippen LogP contribution < -0.4 is 0 Å². The molecule has 0 aliphatic rings. The first kappa shape index (κ1) is 13.0. The second-order valence-corrected chi connectivity index (χ2v) is 4.51. The van der Waals surface area contributed by atoms with E-state index in [1.165, 1.54) is 25.7 Å². The lowest BCUT2D eigenvalue weighted by Crippen LogP contribution is -2.19. The summed E-state index contributed by atoms with van der Waals surface area (Å²) in [7, 11) is 0. The predicted octanol–water partition coefficient (Wildman–Crippen LogP) is 3.61. The van der Waals surface area contributed by atoms with E-state index >= 15 is 0 Å². The Kier molecular flexibility index (Phi) is 6.40. The van der Waals surface area contributed by atoms with E-state index in [0.29, 0.717) is 12.0 Å². The second-order valence-electron chi connectivity index (χ2n) is 4.51. The van der Waals surface area contributed by atoms with Crippen molar-refractivity contribution in [2.24, 2.45) is 11.3 Å². The molecule has 13 heavy (non-hydrogen) atoms. The zero-order chi connectivity index (χ0) is 10.3. The second kappa shape index (κ2) is 6.42. The molecular formula is C12H26O. The van der Waals surface area contributed by atoms with Gasteiger partial charge in [-0.2, -0.15) is 0 Å².